The molecule has 10 heteroatoms. The number of rotatable bonds is 3. The fourth-order valence-electron chi connectivity index (χ4n) is 3.24. The Kier molecular flexibility index (Phi) is 3.70. The normalized spacial score (nSPS) is 11.5. The standard InChI is InChI=1S/C17H15ClN6O3/c1-9-7-22-13-14(21(2)17(27)23(15(13)26)8-12(19)25)20-16(22)24(9)11-5-3-4-10(18)6-11/h3-7H,8H2,1-2H3,(H2,19,25). The first-order chi connectivity index (χ1) is 12.8. The topological polar surface area (TPSA) is 109 Å². The zero-order chi connectivity index (χ0) is 19.5. The number of hydrogen-bond donors (Lipinski definition) is 1. The molecule has 9 nitrogen and oxygen atoms in total. The van der Waals surface area contributed by atoms with Gasteiger partial charge in [0.05, 0.1) is 5.69 Å². The summed E-state index contributed by atoms with van der Waals surface area (Å²) in [7, 11) is 1.49. The van der Waals surface area contributed by atoms with Crippen molar-refractivity contribution in [3.63, 3.8) is 0 Å². The van der Waals surface area contributed by atoms with E-state index in [9.17, 15) is 14.4 Å². The molecule has 0 saturated heterocycles. The van der Waals surface area contributed by atoms with Crippen LogP contribution in [-0.4, -0.2) is 29.0 Å². The zero-order valence-corrected chi connectivity index (χ0v) is 15.3. The minimum absolute atomic E-state index is 0.192. The summed E-state index contributed by atoms with van der Waals surface area (Å²) in [6.07, 6.45) is 1.74. The molecule has 3 heterocycles. The molecule has 0 saturated carbocycles. The van der Waals surface area contributed by atoms with Gasteiger partial charge >= 0.3 is 5.69 Å². The highest BCUT2D eigenvalue weighted by atomic mass is 35.5. The second-order valence-corrected chi connectivity index (χ2v) is 6.68. The van der Waals surface area contributed by atoms with Crippen LogP contribution >= 0.6 is 11.6 Å². The smallest absolute Gasteiger partial charge is 0.332 e. The number of imidazole rings is 2. The highest BCUT2D eigenvalue weighted by Gasteiger charge is 2.21. The summed E-state index contributed by atoms with van der Waals surface area (Å²) in [5, 5.41) is 0.561. The lowest BCUT2D eigenvalue weighted by molar-refractivity contribution is -0.118. The van der Waals surface area contributed by atoms with Crippen molar-refractivity contribution >= 4 is 34.4 Å². The lowest BCUT2D eigenvalue weighted by atomic mass is 10.3. The van der Waals surface area contributed by atoms with Crippen molar-refractivity contribution in [3.8, 4) is 5.69 Å². The molecule has 138 valence electrons. The van der Waals surface area contributed by atoms with Gasteiger partial charge in [-0.1, -0.05) is 17.7 Å². The van der Waals surface area contributed by atoms with Gasteiger partial charge in [0.15, 0.2) is 11.2 Å². The van der Waals surface area contributed by atoms with Crippen LogP contribution in [0.4, 0.5) is 0 Å². The summed E-state index contributed by atoms with van der Waals surface area (Å²) in [4.78, 5) is 41.1. The average molecular weight is 387 g/mol. The van der Waals surface area contributed by atoms with Crippen LogP contribution in [0.2, 0.25) is 5.02 Å². The van der Waals surface area contributed by atoms with Gasteiger partial charge in [0.1, 0.15) is 6.54 Å². The number of amides is 1. The molecule has 4 rings (SSSR count). The molecule has 0 fully saturated rings. The number of nitrogens with two attached hydrogens (primary N) is 1. The highest BCUT2D eigenvalue weighted by Crippen LogP contribution is 2.22. The van der Waals surface area contributed by atoms with E-state index in [0.717, 1.165) is 15.9 Å². The Morgan fingerprint density at radius 3 is 2.70 bits per heavy atom. The first-order valence-electron chi connectivity index (χ1n) is 8.03. The zero-order valence-electron chi connectivity index (χ0n) is 14.5. The number of primary amides is 1. The Balaban J connectivity index is 2.14. The number of nitrogens with zero attached hydrogens (tertiary/aromatic N) is 5. The van der Waals surface area contributed by atoms with Crippen molar-refractivity contribution in [1.82, 2.24) is 23.1 Å². The van der Waals surface area contributed by atoms with Gasteiger partial charge in [0, 0.05) is 24.0 Å². The Morgan fingerprint density at radius 1 is 1.30 bits per heavy atom. The van der Waals surface area contributed by atoms with Crippen LogP contribution in [0.1, 0.15) is 5.69 Å². The van der Waals surface area contributed by atoms with E-state index in [1.807, 2.05) is 23.6 Å². The van der Waals surface area contributed by atoms with Gasteiger partial charge in [-0.2, -0.15) is 4.98 Å². The minimum atomic E-state index is -0.776. The Bertz CT molecular complexity index is 1360. The molecule has 0 bridgehead atoms. The van der Waals surface area contributed by atoms with Crippen LogP contribution in [0.15, 0.2) is 40.1 Å². The number of benzene rings is 1. The van der Waals surface area contributed by atoms with E-state index in [-0.39, 0.29) is 11.2 Å². The summed E-state index contributed by atoms with van der Waals surface area (Å²) in [6, 6.07) is 7.21. The molecule has 2 N–H and O–H groups in total. The van der Waals surface area contributed by atoms with Gasteiger partial charge in [-0.25, -0.2) is 9.36 Å². The predicted molar refractivity (Wildman–Crippen MR) is 100 cm³/mol. The molecule has 0 aliphatic heterocycles. The van der Waals surface area contributed by atoms with Crippen LogP contribution in [0.5, 0.6) is 0 Å². The molecule has 1 amide bonds. The van der Waals surface area contributed by atoms with Crippen LogP contribution in [0.25, 0.3) is 22.6 Å². The van der Waals surface area contributed by atoms with Crippen molar-refractivity contribution in [2.75, 3.05) is 0 Å². The van der Waals surface area contributed by atoms with Crippen LogP contribution in [-0.2, 0) is 18.4 Å². The molecule has 0 aliphatic rings. The number of aromatic nitrogens is 5. The quantitative estimate of drug-likeness (QED) is 0.555. The maximum absolute atomic E-state index is 12.9. The third-order valence-electron chi connectivity index (χ3n) is 4.41. The van der Waals surface area contributed by atoms with Crippen LogP contribution in [0, 0.1) is 6.92 Å². The molecule has 0 unspecified atom stereocenters. The molecule has 27 heavy (non-hydrogen) atoms. The molecular weight excluding hydrogens is 372 g/mol. The predicted octanol–water partition coefficient (Wildman–Crippen LogP) is 0.586. The van der Waals surface area contributed by atoms with E-state index in [1.165, 1.54) is 11.6 Å². The number of halogens is 1. The van der Waals surface area contributed by atoms with Crippen LogP contribution < -0.4 is 17.0 Å². The summed E-state index contributed by atoms with van der Waals surface area (Å²) in [5.74, 6) is -0.323. The SMILES string of the molecule is Cc1cn2c3c(=O)n(CC(N)=O)c(=O)n(C)c3nc2n1-c1cccc(Cl)c1. The highest BCUT2D eigenvalue weighted by molar-refractivity contribution is 6.30. The molecule has 0 radical (unpaired) electrons. The number of aryl methyl sites for hydroxylation is 2. The second-order valence-electron chi connectivity index (χ2n) is 6.24. The summed E-state index contributed by atoms with van der Waals surface area (Å²) in [6.45, 7) is 1.37. The van der Waals surface area contributed by atoms with Crippen molar-refractivity contribution < 1.29 is 4.79 Å². The number of carbonyl (C=O) groups is 1. The van der Waals surface area contributed by atoms with E-state index in [0.29, 0.717) is 10.8 Å². The third kappa shape index (κ3) is 2.47. The maximum atomic E-state index is 12.9. The van der Waals surface area contributed by atoms with Crippen molar-refractivity contribution in [1.29, 1.82) is 0 Å². The van der Waals surface area contributed by atoms with E-state index < -0.39 is 23.7 Å². The Labute approximate surface area is 156 Å². The fraction of sp³-hybridized carbons (Fsp3) is 0.176. The fourth-order valence-corrected chi connectivity index (χ4v) is 3.42. The lowest BCUT2D eigenvalue weighted by Crippen LogP contribution is -2.42. The van der Waals surface area contributed by atoms with Crippen molar-refractivity contribution in [2.24, 2.45) is 12.8 Å². The van der Waals surface area contributed by atoms with Crippen LogP contribution in [0.3, 0.4) is 0 Å². The van der Waals surface area contributed by atoms with Gasteiger partial charge in [-0.15, -0.1) is 0 Å². The molecular formula is C17H15ClN6O3. The molecule has 0 spiro atoms. The number of carbonyl (C=O) groups excluding carboxylic acids is 1. The van der Waals surface area contributed by atoms with E-state index in [2.05, 4.69) is 4.98 Å². The van der Waals surface area contributed by atoms with Gasteiger partial charge in [0.2, 0.25) is 11.7 Å². The largest absolute Gasteiger partial charge is 0.368 e. The van der Waals surface area contributed by atoms with Gasteiger partial charge in [-0.3, -0.25) is 23.1 Å². The summed E-state index contributed by atoms with van der Waals surface area (Å²) < 4.78 is 5.47. The Morgan fingerprint density at radius 2 is 2.04 bits per heavy atom. The number of hydrogen-bond acceptors (Lipinski definition) is 4. The Hall–Kier alpha value is -3.33. The molecule has 0 aliphatic carbocycles. The van der Waals surface area contributed by atoms with Gasteiger partial charge in [0.25, 0.3) is 5.56 Å². The minimum Gasteiger partial charge on any atom is -0.368 e. The van der Waals surface area contributed by atoms with Crippen molar-refractivity contribution in [2.45, 2.75) is 13.5 Å². The number of fused-ring (bicyclic) bond motifs is 3. The average Bonchev–Trinajstić information content (AvgIpc) is 3.11. The van der Waals surface area contributed by atoms with E-state index in [4.69, 9.17) is 17.3 Å². The van der Waals surface area contributed by atoms with E-state index >= 15 is 0 Å². The third-order valence-corrected chi connectivity index (χ3v) is 4.64. The molecule has 1 aromatic carbocycles. The first kappa shape index (κ1) is 17.1. The monoisotopic (exact) mass is 386 g/mol. The second kappa shape index (κ2) is 5.85. The molecule has 0 atom stereocenters. The summed E-state index contributed by atoms with van der Waals surface area (Å²) in [5.41, 5.74) is 5.90. The van der Waals surface area contributed by atoms with Crippen molar-refractivity contribution in [3.05, 3.63) is 62.0 Å². The van der Waals surface area contributed by atoms with Gasteiger partial charge in [-0.05, 0) is 25.1 Å². The molecule has 4 aromatic rings. The summed E-state index contributed by atoms with van der Waals surface area (Å²) >= 11 is 6.10. The lowest BCUT2D eigenvalue weighted by Gasteiger charge is -2.06. The first-order valence-corrected chi connectivity index (χ1v) is 8.41. The van der Waals surface area contributed by atoms with Gasteiger partial charge < -0.3 is 5.73 Å². The molecule has 3 aromatic heterocycles. The van der Waals surface area contributed by atoms with E-state index in [1.54, 1.807) is 22.7 Å². The maximum Gasteiger partial charge on any atom is 0.332 e.